The van der Waals surface area contributed by atoms with Gasteiger partial charge < -0.3 is 9.47 Å². The molecule has 1 aliphatic heterocycles. The Bertz CT molecular complexity index is 485. The number of hydrogen-bond donors (Lipinski definition) is 0. The molecular formula is C13H17NO4S. The molecule has 0 radical (unpaired) electrons. The monoisotopic (exact) mass is 283 g/mol. The van der Waals surface area contributed by atoms with Gasteiger partial charge in [-0.15, -0.1) is 11.3 Å². The van der Waals surface area contributed by atoms with Crippen molar-refractivity contribution < 1.29 is 19.1 Å². The first kappa shape index (κ1) is 14.1. The topological polar surface area (TPSA) is 65.5 Å². The van der Waals surface area contributed by atoms with E-state index in [2.05, 4.69) is 4.98 Å². The van der Waals surface area contributed by atoms with Crippen LogP contribution in [0.1, 0.15) is 23.2 Å². The van der Waals surface area contributed by atoms with E-state index in [0.29, 0.717) is 13.0 Å². The lowest BCUT2D eigenvalue weighted by molar-refractivity contribution is -0.169. The minimum absolute atomic E-state index is 0.0942. The molecule has 0 spiro atoms. The average Bonchev–Trinajstić information content (AvgIpc) is 2.78. The second kappa shape index (κ2) is 5.79. The first-order valence-electron chi connectivity index (χ1n) is 6.28. The van der Waals surface area contributed by atoms with Gasteiger partial charge in [0.25, 0.3) is 0 Å². The van der Waals surface area contributed by atoms with Crippen molar-refractivity contribution in [3.8, 4) is 0 Å². The number of rotatable bonds is 4. The van der Waals surface area contributed by atoms with Crippen molar-refractivity contribution in [3.63, 3.8) is 0 Å². The largest absolute Gasteiger partial charge is 0.465 e. The molecule has 0 amide bonds. The molecule has 0 aliphatic carbocycles. The van der Waals surface area contributed by atoms with Crippen molar-refractivity contribution in [2.75, 3.05) is 19.8 Å². The zero-order valence-electron chi connectivity index (χ0n) is 11.1. The van der Waals surface area contributed by atoms with Crippen molar-refractivity contribution in [1.82, 2.24) is 4.98 Å². The van der Waals surface area contributed by atoms with Gasteiger partial charge in [-0.2, -0.15) is 0 Å². The van der Waals surface area contributed by atoms with Gasteiger partial charge in [-0.05, 0) is 13.8 Å². The summed E-state index contributed by atoms with van der Waals surface area (Å²) in [6, 6.07) is 0. The Kier molecular flexibility index (Phi) is 4.31. The van der Waals surface area contributed by atoms with Crippen molar-refractivity contribution in [1.29, 1.82) is 0 Å². The third-order valence-electron chi connectivity index (χ3n) is 3.17. The lowest BCUT2D eigenvalue weighted by Crippen LogP contribution is -2.49. The fraction of sp³-hybridized carbons (Fsp3) is 0.615. The highest BCUT2D eigenvalue weighted by Crippen LogP contribution is 2.33. The molecule has 0 saturated carbocycles. The Hall–Kier alpha value is -1.27. The molecule has 6 heteroatoms. The van der Waals surface area contributed by atoms with Gasteiger partial charge in [0.05, 0.1) is 24.8 Å². The van der Waals surface area contributed by atoms with Crippen molar-refractivity contribution >= 4 is 23.1 Å². The normalized spacial score (nSPS) is 23.4. The molecule has 104 valence electrons. The Balaban J connectivity index is 2.27. The average molecular weight is 283 g/mol. The van der Waals surface area contributed by atoms with Crippen molar-refractivity contribution in [2.24, 2.45) is 5.41 Å². The van der Waals surface area contributed by atoms with E-state index in [1.165, 1.54) is 11.3 Å². The first-order chi connectivity index (χ1) is 9.08. The molecule has 1 fully saturated rings. The number of nitrogens with zero attached hydrogens (tertiary/aromatic N) is 1. The van der Waals surface area contributed by atoms with Gasteiger partial charge in [-0.3, -0.25) is 9.59 Å². The van der Waals surface area contributed by atoms with Crippen LogP contribution >= 0.6 is 11.3 Å². The number of esters is 1. The van der Waals surface area contributed by atoms with Crippen LogP contribution in [0.15, 0.2) is 6.20 Å². The predicted octanol–water partition coefficient (Wildman–Crippen LogP) is 1.53. The van der Waals surface area contributed by atoms with E-state index < -0.39 is 11.4 Å². The lowest BCUT2D eigenvalue weighted by atomic mass is 9.78. The predicted molar refractivity (Wildman–Crippen MR) is 70.1 cm³/mol. The number of thiazole rings is 1. The van der Waals surface area contributed by atoms with Crippen LogP contribution in [0.4, 0.5) is 0 Å². The van der Waals surface area contributed by atoms with E-state index in [1.54, 1.807) is 13.1 Å². The standard InChI is InChI=1S/C13H17NO4S/c1-3-18-12(16)13(8-17-5-4-11(13)15)6-10-7-14-9(2)19-10/h7H,3-6,8H2,1-2H3. The highest BCUT2D eigenvalue weighted by atomic mass is 32.1. The Morgan fingerprint density at radius 1 is 1.63 bits per heavy atom. The maximum absolute atomic E-state index is 12.2. The molecule has 0 N–H and O–H groups in total. The highest BCUT2D eigenvalue weighted by Gasteiger charge is 2.49. The van der Waals surface area contributed by atoms with Crippen molar-refractivity contribution in [3.05, 3.63) is 16.1 Å². The number of aryl methyl sites for hydroxylation is 1. The van der Waals surface area contributed by atoms with Crippen LogP contribution in [-0.2, 0) is 25.5 Å². The van der Waals surface area contributed by atoms with Crippen LogP contribution in [-0.4, -0.2) is 36.6 Å². The molecule has 5 nitrogen and oxygen atoms in total. The van der Waals surface area contributed by atoms with Crippen LogP contribution in [0.2, 0.25) is 0 Å². The van der Waals surface area contributed by atoms with E-state index in [-0.39, 0.29) is 25.4 Å². The van der Waals surface area contributed by atoms with Crippen LogP contribution in [0.5, 0.6) is 0 Å². The van der Waals surface area contributed by atoms with E-state index >= 15 is 0 Å². The Morgan fingerprint density at radius 3 is 3.00 bits per heavy atom. The Morgan fingerprint density at radius 2 is 2.42 bits per heavy atom. The van der Waals surface area contributed by atoms with Crippen molar-refractivity contribution in [2.45, 2.75) is 26.7 Å². The summed E-state index contributed by atoms with van der Waals surface area (Å²) >= 11 is 1.49. The number of Topliss-reactive ketones (excluding diaryl/α,β-unsaturated/α-hetero) is 1. The number of hydrogen-bond acceptors (Lipinski definition) is 6. The minimum Gasteiger partial charge on any atom is -0.465 e. The summed E-state index contributed by atoms with van der Waals surface area (Å²) in [6.07, 6.45) is 2.29. The van der Waals surface area contributed by atoms with Gasteiger partial charge in [0.2, 0.25) is 0 Å². The van der Waals surface area contributed by atoms with Gasteiger partial charge in [-0.25, -0.2) is 4.98 Å². The molecule has 1 saturated heterocycles. The van der Waals surface area contributed by atoms with E-state index in [4.69, 9.17) is 9.47 Å². The molecule has 1 aromatic rings. The second-order valence-corrected chi connectivity index (χ2v) is 5.87. The summed E-state index contributed by atoms with van der Waals surface area (Å²) in [4.78, 5) is 29.5. The van der Waals surface area contributed by atoms with E-state index in [9.17, 15) is 9.59 Å². The summed E-state index contributed by atoms with van der Waals surface area (Å²) in [7, 11) is 0. The summed E-state index contributed by atoms with van der Waals surface area (Å²) in [6.45, 7) is 4.36. The van der Waals surface area contributed by atoms with Crippen LogP contribution < -0.4 is 0 Å². The molecular weight excluding hydrogens is 266 g/mol. The fourth-order valence-electron chi connectivity index (χ4n) is 2.18. The van der Waals surface area contributed by atoms with Crippen LogP contribution in [0, 0.1) is 12.3 Å². The maximum atomic E-state index is 12.2. The third kappa shape index (κ3) is 2.84. The van der Waals surface area contributed by atoms with Crippen LogP contribution in [0.3, 0.4) is 0 Å². The quantitative estimate of drug-likeness (QED) is 0.619. The Labute approximate surface area is 115 Å². The fourth-order valence-corrected chi connectivity index (χ4v) is 3.09. The molecule has 1 aliphatic rings. The summed E-state index contributed by atoms with van der Waals surface area (Å²) < 4.78 is 10.4. The first-order valence-corrected chi connectivity index (χ1v) is 7.09. The number of carbonyl (C=O) groups is 2. The van der Waals surface area contributed by atoms with Gasteiger partial charge >= 0.3 is 5.97 Å². The van der Waals surface area contributed by atoms with Crippen LogP contribution in [0.25, 0.3) is 0 Å². The molecule has 19 heavy (non-hydrogen) atoms. The highest BCUT2D eigenvalue weighted by molar-refractivity contribution is 7.11. The zero-order chi connectivity index (χ0) is 13.9. The number of aromatic nitrogens is 1. The van der Waals surface area contributed by atoms with Gasteiger partial charge in [-0.1, -0.05) is 0 Å². The van der Waals surface area contributed by atoms with Gasteiger partial charge in [0.1, 0.15) is 0 Å². The molecule has 2 heterocycles. The molecule has 0 bridgehead atoms. The molecule has 1 aromatic heterocycles. The molecule has 1 unspecified atom stereocenters. The lowest BCUT2D eigenvalue weighted by Gasteiger charge is -2.32. The summed E-state index contributed by atoms with van der Waals surface area (Å²) in [5.74, 6) is -0.575. The number of ketones is 1. The molecule has 0 aromatic carbocycles. The SMILES string of the molecule is CCOC(=O)C1(Cc2cnc(C)s2)COCCC1=O. The molecule has 2 rings (SSSR count). The summed E-state index contributed by atoms with van der Waals surface area (Å²) in [5.41, 5.74) is -1.19. The smallest absolute Gasteiger partial charge is 0.322 e. The second-order valence-electron chi connectivity index (χ2n) is 4.55. The molecule has 1 atom stereocenters. The minimum atomic E-state index is -1.19. The zero-order valence-corrected chi connectivity index (χ0v) is 11.9. The third-order valence-corrected chi connectivity index (χ3v) is 4.08. The van der Waals surface area contributed by atoms with E-state index in [0.717, 1.165) is 9.88 Å². The summed E-state index contributed by atoms with van der Waals surface area (Å²) in [5, 5.41) is 0.915. The number of carbonyl (C=O) groups excluding carboxylic acids is 2. The van der Waals surface area contributed by atoms with Gasteiger partial charge in [0, 0.05) is 23.9 Å². The van der Waals surface area contributed by atoms with Gasteiger partial charge in [0.15, 0.2) is 11.2 Å². The number of ether oxygens (including phenoxy) is 2. The van der Waals surface area contributed by atoms with E-state index in [1.807, 2.05) is 6.92 Å². The maximum Gasteiger partial charge on any atom is 0.322 e.